The second-order valence-electron chi connectivity index (χ2n) is 4.96. The maximum absolute atomic E-state index is 12.0. The molecule has 4 heteroatoms. The lowest BCUT2D eigenvalue weighted by molar-refractivity contribution is 0.0990. The van der Waals surface area contributed by atoms with Gasteiger partial charge in [0.05, 0.1) is 5.03 Å². The van der Waals surface area contributed by atoms with E-state index >= 15 is 0 Å². The lowest BCUT2D eigenvalue weighted by Crippen LogP contribution is -2.14. The van der Waals surface area contributed by atoms with E-state index < -0.39 is 0 Å². The van der Waals surface area contributed by atoms with Crippen LogP contribution in [0.2, 0.25) is 0 Å². The molecule has 0 saturated carbocycles. The Kier molecular flexibility index (Phi) is 4.19. The summed E-state index contributed by atoms with van der Waals surface area (Å²) in [7, 11) is 0. The molecule has 0 unspecified atom stereocenters. The van der Waals surface area contributed by atoms with Crippen LogP contribution in [-0.2, 0) is 6.42 Å². The van der Waals surface area contributed by atoms with Crippen LogP contribution < -0.4 is 0 Å². The van der Waals surface area contributed by atoms with Crippen LogP contribution in [0.3, 0.4) is 0 Å². The number of Topliss-reactive ketones (excluding diaryl/α,β-unsaturated/α-hetero) is 1. The van der Waals surface area contributed by atoms with Gasteiger partial charge in [0, 0.05) is 27.0 Å². The third kappa shape index (κ3) is 2.74. The molecule has 0 saturated heterocycles. The maximum atomic E-state index is 12.0. The molecule has 0 atom stereocenters. The molecular formula is C18H13ClO2S. The molecule has 1 aliphatic carbocycles. The summed E-state index contributed by atoms with van der Waals surface area (Å²) in [6, 6.07) is 13.5. The summed E-state index contributed by atoms with van der Waals surface area (Å²) in [6.45, 7) is 2.11. The van der Waals surface area contributed by atoms with Crippen LogP contribution in [0, 0.1) is 0 Å². The number of hydrogen-bond acceptors (Lipinski definition) is 3. The molecule has 0 aromatic heterocycles. The highest BCUT2D eigenvalue weighted by molar-refractivity contribution is 7.99. The van der Waals surface area contributed by atoms with Crippen molar-refractivity contribution in [1.82, 2.24) is 0 Å². The summed E-state index contributed by atoms with van der Waals surface area (Å²) < 4.78 is 0. The Morgan fingerprint density at radius 1 is 1.05 bits per heavy atom. The number of aryl methyl sites for hydroxylation is 1. The summed E-state index contributed by atoms with van der Waals surface area (Å²) in [5.74, 6) is -0.507. The second kappa shape index (κ2) is 6.11. The summed E-state index contributed by atoms with van der Waals surface area (Å²) >= 11 is 7.38. The number of allylic oxidation sites excluding steroid dienone is 2. The first-order chi connectivity index (χ1) is 10.6. The molecular weight excluding hydrogens is 316 g/mol. The Morgan fingerprint density at radius 2 is 1.82 bits per heavy atom. The first-order valence-electron chi connectivity index (χ1n) is 6.96. The molecule has 0 radical (unpaired) electrons. The van der Waals surface area contributed by atoms with E-state index in [1.807, 2.05) is 18.2 Å². The van der Waals surface area contributed by atoms with Crippen LogP contribution in [0.25, 0.3) is 0 Å². The minimum absolute atomic E-state index is 0.0192. The molecule has 0 spiro atoms. The molecule has 110 valence electrons. The average molecular weight is 329 g/mol. The van der Waals surface area contributed by atoms with Gasteiger partial charge in [0.2, 0.25) is 5.78 Å². The minimum Gasteiger partial charge on any atom is -0.289 e. The molecule has 0 amide bonds. The van der Waals surface area contributed by atoms with E-state index in [9.17, 15) is 9.59 Å². The highest BCUT2D eigenvalue weighted by Crippen LogP contribution is 2.33. The Morgan fingerprint density at radius 3 is 2.59 bits per heavy atom. The smallest absolute Gasteiger partial charge is 0.205 e. The summed E-state index contributed by atoms with van der Waals surface area (Å²) in [5, 5.41) is -0.0192. The van der Waals surface area contributed by atoms with E-state index in [1.165, 1.54) is 11.6 Å². The monoisotopic (exact) mass is 328 g/mol. The number of carbonyl (C=O) groups excluding carboxylic acids is 2. The van der Waals surface area contributed by atoms with Crippen molar-refractivity contribution >= 4 is 34.9 Å². The highest BCUT2D eigenvalue weighted by Gasteiger charge is 2.24. The fourth-order valence-corrected chi connectivity index (χ4v) is 3.66. The van der Waals surface area contributed by atoms with Crippen LogP contribution in [0.15, 0.2) is 63.4 Å². The summed E-state index contributed by atoms with van der Waals surface area (Å²) in [6.07, 6.45) is 2.14. The quantitative estimate of drug-likeness (QED) is 0.803. The Hall–Kier alpha value is -1.84. The molecule has 0 fully saturated rings. The summed E-state index contributed by atoms with van der Waals surface area (Å²) in [5.41, 5.74) is 2.06. The fraction of sp³-hybridized carbons (Fsp3) is 0.111. The molecule has 2 nitrogen and oxygen atoms in total. The van der Waals surface area contributed by atoms with Gasteiger partial charge in [-0.2, -0.15) is 0 Å². The van der Waals surface area contributed by atoms with Crippen molar-refractivity contribution in [3.8, 4) is 0 Å². The van der Waals surface area contributed by atoms with Crippen molar-refractivity contribution in [2.75, 3.05) is 0 Å². The topological polar surface area (TPSA) is 34.1 Å². The molecule has 2 aromatic rings. The van der Waals surface area contributed by atoms with Crippen LogP contribution in [0.5, 0.6) is 0 Å². The van der Waals surface area contributed by atoms with Gasteiger partial charge < -0.3 is 0 Å². The Labute approximate surface area is 138 Å². The Balaban J connectivity index is 1.98. The highest BCUT2D eigenvalue weighted by atomic mass is 35.5. The van der Waals surface area contributed by atoms with Gasteiger partial charge in [0.15, 0.2) is 5.78 Å². The van der Waals surface area contributed by atoms with E-state index in [0.29, 0.717) is 11.1 Å². The average Bonchev–Trinajstić information content (AvgIpc) is 2.53. The van der Waals surface area contributed by atoms with Crippen LogP contribution in [-0.4, -0.2) is 11.6 Å². The summed E-state index contributed by atoms with van der Waals surface area (Å²) in [4.78, 5) is 26.1. The lowest BCUT2D eigenvalue weighted by atomic mass is 9.95. The van der Waals surface area contributed by atoms with E-state index in [2.05, 4.69) is 19.1 Å². The zero-order chi connectivity index (χ0) is 15.7. The van der Waals surface area contributed by atoms with Crippen molar-refractivity contribution < 1.29 is 9.59 Å². The van der Waals surface area contributed by atoms with Gasteiger partial charge in [0.1, 0.15) is 0 Å². The van der Waals surface area contributed by atoms with Crippen molar-refractivity contribution in [3.63, 3.8) is 0 Å². The van der Waals surface area contributed by atoms with E-state index in [1.54, 1.807) is 23.9 Å². The SMILES string of the molecule is CCc1ccccc1Sc1ccc2c(c1)C(=O)C=C(Cl)C2=O. The predicted octanol–water partition coefficient (Wildman–Crippen LogP) is 4.90. The lowest BCUT2D eigenvalue weighted by Gasteiger charge is -2.13. The maximum Gasteiger partial charge on any atom is 0.205 e. The number of rotatable bonds is 3. The van der Waals surface area contributed by atoms with E-state index in [-0.39, 0.29) is 16.6 Å². The van der Waals surface area contributed by atoms with Gasteiger partial charge in [-0.25, -0.2) is 0 Å². The molecule has 0 heterocycles. The Bertz CT molecular complexity index is 808. The van der Waals surface area contributed by atoms with Crippen LogP contribution >= 0.6 is 23.4 Å². The van der Waals surface area contributed by atoms with Gasteiger partial charge in [-0.3, -0.25) is 9.59 Å². The zero-order valence-corrected chi connectivity index (χ0v) is 13.5. The number of hydrogen-bond donors (Lipinski definition) is 0. The van der Waals surface area contributed by atoms with Crippen molar-refractivity contribution in [1.29, 1.82) is 0 Å². The van der Waals surface area contributed by atoms with Crippen molar-refractivity contribution in [3.05, 3.63) is 70.3 Å². The molecule has 22 heavy (non-hydrogen) atoms. The number of ketones is 2. The third-order valence-corrected chi connectivity index (χ3v) is 4.95. The molecule has 0 bridgehead atoms. The molecule has 3 rings (SSSR count). The zero-order valence-electron chi connectivity index (χ0n) is 11.9. The molecule has 1 aliphatic rings. The third-order valence-electron chi connectivity index (χ3n) is 3.56. The van der Waals surface area contributed by atoms with Gasteiger partial charge in [-0.15, -0.1) is 0 Å². The first kappa shape index (κ1) is 15.1. The van der Waals surface area contributed by atoms with Crippen molar-refractivity contribution in [2.24, 2.45) is 0 Å². The standard InChI is InChI=1S/C18H13ClO2S/c1-2-11-5-3-4-6-17(11)22-12-7-8-13-14(9-12)16(20)10-15(19)18(13)21/h3-10H,2H2,1H3. The number of carbonyl (C=O) groups is 2. The van der Waals surface area contributed by atoms with Gasteiger partial charge in [0.25, 0.3) is 0 Å². The van der Waals surface area contributed by atoms with Gasteiger partial charge >= 0.3 is 0 Å². The van der Waals surface area contributed by atoms with Gasteiger partial charge in [-0.05, 0) is 36.2 Å². The number of benzene rings is 2. The molecule has 2 aromatic carbocycles. The minimum atomic E-state index is -0.290. The molecule has 0 aliphatic heterocycles. The van der Waals surface area contributed by atoms with Crippen molar-refractivity contribution in [2.45, 2.75) is 23.1 Å². The molecule has 0 N–H and O–H groups in total. The van der Waals surface area contributed by atoms with Crippen LogP contribution in [0.1, 0.15) is 33.2 Å². The van der Waals surface area contributed by atoms with E-state index in [4.69, 9.17) is 11.6 Å². The first-order valence-corrected chi connectivity index (χ1v) is 8.15. The predicted molar refractivity (Wildman–Crippen MR) is 89.0 cm³/mol. The largest absolute Gasteiger partial charge is 0.289 e. The fourth-order valence-electron chi connectivity index (χ4n) is 2.40. The second-order valence-corrected chi connectivity index (χ2v) is 6.48. The normalized spacial score (nSPS) is 13.8. The number of halogens is 1. The number of fused-ring (bicyclic) bond motifs is 1. The van der Waals surface area contributed by atoms with E-state index in [0.717, 1.165) is 16.2 Å². The van der Waals surface area contributed by atoms with Gasteiger partial charge in [-0.1, -0.05) is 48.5 Å². The van der Waals surface area contributed by atoms with Crippen LogP contribution in [0.4, 0.5) is 0 Å².